The number of rotatable bonds is 16. The highest BCUT2D eigenvalue weighted by Gasteiger charge is 2.45. The van der Waals surface area contributed by atoms with E-state index in [0.717, 1.165) is 38.5 Å². The first-order valence-corrected chi connectivity index (χ1v) is 20.6. The van der Waals surface area contributed by atoms with E-state index >= 15 is 0 Å². The first-order chi connectivity index (χ1) is 23.5. The van der Waals surface area contributed by atoms with E-state index in [1.54, 1.807) is 11.8 Å². The third kappa shape index (κ3) is 11.9. The topological polar surface area (TPSA) is 174 Å². The number of carbonyl (C=O) groups excluding carboxylic acids is 5. The monoisotopic (exact) mass is 724 g/mol. The summed E-state index contributed by atoms with van der Waals surface area (Å²) in [5, 5.41) is 11.4. The van der Waals surface area contributed by atoms with E-state index in [1.165, 1.54) is 4.31 Å². The van der Waals surface area contributed by atoms with Crippen molar-refractivity contribution in [1.82, 2.24) is 30.5 Å². The summed E-state index contributed by atoms with van der Waals surface area (Å²) in [6.45, 7) is 15.1. The fourth-order valence-corrected chi connectivity index (χ4v) is 9.20. The maximum absolute atomic E-state index is 14.6. The molecular weight excluding hydrogens is 660 g/mol. The van der Waals surface area contributed by atoms with Gasteiger partial charge in [-0.05, 0) is 68.6 Å². The lowest BCUT2D eigenvalue weighted by Crippen LogP contribution is -2.60. The summed E-state index contributed by atoms with van der Waals surface area (Å²) in [6, 6.07) is -3.74. The molecule has 14 heteroatoms. The summed E-state index contributed by atoms with van der Waals surface area (Å²) in [5.41, 5.74) is -0.199. The third-order valence-corrected chi connectivity index (χ3v) is 12.3. The third-order valence-electron chi connectivity index (χ3n) is 10.4. The molecule has 1 saturated carbocycles. The molecule has 2 saturated heterocycles. The van der Waals surface area contributed by atoms with Gasteiger partial charge in [0.2, 0.25) is 27.6 Å². The predicted octanol–water partition coefficient (Wildman–Crippen LogP) is 3.33. The van der Waals surface area contributed by atoms with Crippen LogP contribution in [0.2, 0.25) is 0 Å². The number of ketones is 1. The SMILES string of the molecule is CCCCC(NC(=O)[C@@H]1C[C@@H](C(C)C)CN1C(=O)[C@@H](NC(=O)NC(CN1CCCS1(=O)=O)CC(C)(C)C)C1CCCCC1)C(=O)C(=O)NCC. The van der Waals surface area contributed by atoms with Crippen LogP contribution in [0.4, 0.5) is 4.79 Å². The van der Waals surface area contributed by atoms with Crippen LogP contribution in [-0.4, -0.2) is 103 Å². The normalized spacial score (nSPS) is 23.2. The molecule has 4 N–H and O–H groups in total. The molecule has 2 unspecified atom stereocenters. The standard InChI is InChI=1S/C36H64N6O7S/c1-8-10-17-28(31(43)33(45)37-9-2)39-32(44)29-20-26(24(3)4)22-42(29)34(46)30(25-15-12-11-13-16-25)40-35(47)38-27(21-36(5,6)7)23-41-18-14-19-50(41,48)49/h24-30H,8-23H2,1-7H3,(H,37,45)(H,39,44)(H2,38,40,47)/t26-,27?,28?,29+,30+/m1/s1. The Labute approximate surface area is 300 Å². The Morgan fingerprint density at radius 1 is 0.900 bits per heavy atom. The number of hydrogen-bond acceptors (Lipinski definition) is 7. The van der Waals surface area contributed by atoms with Crippen molar-refractivity contribution in [3.05, 3.63) is 0 Å². The molecule has 0 aromatic carbocycles. The van der Waals surface area contributed by atoms with E-state index in [-0.39, 0.29) is 47.9 Å². The zero-order chi connectivity index (χ0) is 37.2. The number of hydrogen-bond donors (Lipinski definition) is 4. The first-order valence-electron chi connectivity index (χ1n) is 18.9. The van der Waals surface area contributed by atoms with Gasteiger partial charge in [-0.2, -0.15) is 4.31 Å². The van der Waals surface area contributed by atoms with E-state index in [2.05, 4.69) is 35.1 Å². The number of unbranched alkanes of at least 4 members (excludes halogenated alkanes) is 1. The van der Waals surface area contributed by atoms with Crippen LogP contribution in [0, 0.1) is 23.2 Å². The van der Waals surface area contributed by atoms with Gasteiger partial charge < -0.3 is 26.2 Å². The van der Waals surface area contributed by atoms with Crippen LogP contribution >= 0.6 is 0 Å². The molecule has 5 atom stereocenters. The quantitative estimate of drug-likeness (QED) is 0.177. The number of Topliss-reactive ketones (excluding diaryl/α,β-unsaturated/α-hetero) is 1. The summed E-state index contributed by atoms with van der Waals surface area (Å²) in [4.78, 5) is 69.4. The number of likely N-dealkylation sites (tertiary alicyclic amines) is 1. The summed E-state index contributed by atoms with van der Waals surface area (Å²) in [6.07, 6.45) is 7.64. The van der Waals surface area contributed by atoms with E-state index in [4.69, 9.17) is 0 Å². The minimum absolute atomic E-state index is 0.0299. The molecule has 3 fully saturated rings. The molecule has 286 valence electrons. The minimum Gasteiger partial charge on any atom is -0.350 e. The van der Waals surface area contributed by atoms with Crippen molar-refractivity contribution < 1.29 is 32.4 Å². The van der Waals surface area contributed by atoms with Crippen LogP contribution < -0.4 is 21.3 Å². The maximum atomic E-state index is 14.6. The Hall–Kier alpha value is -2.74. The molecule has 0 radical (unpaired) electrons. The highest BCUT2D eigenvalue weighted by Crippen LogP contribution is 2.33. The lowest BCUT2D eigenvalue weighted by molar-refractivity contribution is -0.143. The van der Waals surface area contributed by atoms with Crippen LogP contribution in [0.15, 0.2) is 0 Å². The lowest BCUT2D eigenvalue weighted by atomic mass is 9.83. The number of sulfonamides is 1. The van der Waals surface area contributed by atoms with E-state index in [9.17, 15) is 32.4 Å². The molecule has 0 aromatic rings. The van der Waals surface area contributed by atoms with Gasteiger partial charge in [-0.3, -0.25) is 19.2 Å². The van der Waals surface area contributed by atoms with Gasteiger partial charge in [0, 0.05) is 32.2 Å². The van der Waals surface area contributed by atoms with E-state index in [0.29, 0.717) is 45.2 Å². The summed E-state index contributed by atoms with van der Waals surface area (Å²) >= 11 is 0. The Morgan fingerprint density at radius 3 is 2.14 bits per heavy atom. The van der Waals surface area contributed by atoms with Crippen LogP contribution in [-0.2, 0) is 29.2 Å². The predicted molar refractivity (Wildman–Crippen MR) is 193 cm³/mol. The molecule has 3 rings (SSSR count). The zero-order valence-corrected chi connectivity index (χ0v) is 32.3. The molecule has 50 heavy (non-hydrogen) atoms. The summed E-state index contributed by atoms with van der Waals surface area (Å²) < 4.78 is 26.7. The number of nitrogens with one attached hydrogen (secondary N) is 4. The first kappa shape index (κ1) is 41.7. The molecule has 2 aliphatic heterocycles. The van der Waals surface area contributed by atoms with Crippen molar-refractivity contribution in [2.45, 2.75) is 143 Å². The number of likely N-dealkylation sites (N-methyl/N-ethyl adjacent to an activating group) is 1. The van der Waals surface area contributed by atoms with Gasteiger partial charge in [0.05, 0.1) is 11.8 Å². The van der Waals surface area contributed by atoms with E-state index < -0.39 is 57.8 Å². The second-order valence-corrected chi connectivity index (χ2v) is 18.2. The van der Waals surface area contributed by atoms with Crippen LogP contribution in [0.3, 0.4) is 0 Å². The molecule has 0 aromatic heterocycles. The van der Waals surface area contributed by atoms with Gasteiger partial charge >= 0.3 is 6.03 Å². The largest absolute Gasteiger partial charge is 0.350 e. The number of urea groups is 1. The molecular formula is C36H64N6O7S. The van der Waals surface area contributed by atoms with E-state index in [1.807, 2.05) is 27.7 Å². The number of amides is 5. The molecule has 0 spiro atoms. The van der Waals surface area contributed by atoms with Crippen molar-refractivity contribution in [2.75, 3.05) is 31.9 Å². The summed E-state index contributed by atoms with van der Waals surface area (Å²) in [7, 11) is -3.37. The summed E-state index contributed by atoms with van der Waals surface area (Å²) in [5.74, 6) is -2.05. The van der Waals surface area contributed by atoms with Crippen molar-refractivity contribution in [2.24, 2.45) is 23.2 Å². The van der Waals surface area contributed by atoms with Gasteiger partial charge in [0.15, 0.2) is 0 Å². The maximum Gasteiger partial charge on any atom is 0.315 e. The average Bonchev–Trinajstić information content (AvgIpc) is 3.64. The number of nitrogens with zero attached hydrogens (tertiary/aromatic N) is 2. The molecule has 5 amide bonds. The Balaban J connectivity index is 1.86. The van der Waals surface area contributed by atoms with Crippen LogP contribution in [0.25, 0.3) is 0 Å². The Morgan fingerprint density at radius 2 is 1.58 bits per heavy atom. The molecule has 3 aliphatic rings. The van der Waals surface area contributed by atoms with Gasteiger partial charge in [-0.1, -0.05) is 73.6 Å². The van der Waals surface area contributed by atoms with Gasteiger partial charge in [-0.25, -0.2) is 13.2 Å². The van der Waals surface area contributed by atoms with Crippen molar-refractivity contribution in [3.8, 4) is 0 Å². The van der Waals surface area contributed by atoms with Crippen molar-refractivity contribution >= 4 is 39.6 Å². The number of carbonyl (C=O) groups is 5. The molecule has 0 bridgehead atoms. The van der Waals surface area contributed by atoms with Crippen LogP contribution in [0.1, 0.15) is 119 Å². The van der Waals surface area contributed by atoms with Gasteiger partial charge in [0.25, 0.3) is 5.91 Å². The second-order valence-electron chi connectivity index (χ2n) is 16.2. The highest BCUT2D eigenvalue weighted by atomic mass is 32.2. The lowest BCUT2D eigenvalue weighted by Gasteiger charge is -2.36. The fourth-order valence-electron chi connectivity index (χ4n) is 7.63. The van der Waals surface area contributed by atoms with Crippen molar-refractivity contribution in [3.63, 3.8) is 0 Å². The van der Waals surface area contributed by atoms with Crippen LogP contribution in [0.5, 0.6) is 0 Å². The molecule has 1 aliphatic carbocycles. The Kier molecular flexibility index (Phi) is 15.6. The van der Waals surface area contributed by atoms with Crippen molar-refractivity contribution in [1.29, 1.82) is 0 Å². The smallest absolute Gasteiger partial charge is 0.315 e. The Bertz CT molecular complexity index is 1290. The fraction of sp³-hybridized carbons (Fsp3) is 0.861. The van der Waals surface area contributed by atoms with Gasteiger partial charge in [0.1, 0.15) is 12.1 Å². The molecule has 13 nitrogen and oxygen atoms in total. The second kappa shape index (κ2) is 18.7. The zero-order valence-electron chi connectivity index (χ0n) is 31.5. The highest BCUT2D eigenvalue weighted by molar-refractivity contribution is 7.89. The minimum atomic E-state index is -3.37. The molecule has 2 heterocycles. The average molecular weight is 725 g/mol. The van der Waals surface area contributed by atoms with Gasteiger partial charge in [-0.15, -0.1) is 0 Å².